The van der Waals surface area contributed by atoms with E-state index in [1.54, 1.807) is 0 Å². The number of anilines is 1. The Bertz CT molecular complexity index is 390. The number of aliphatic carboxylic acids is 1. The van der Waals surface area contributed by atoms with Crippen LogP contribution in [0, 0.1) is 5.41 Å². The summed E-state index contributed by atoms with van der Waals surface area (Å²) < 4.78 is 0.820. The van der Waals surface area contributed by atoms with Crippen LogP contribution in [0.3, 0.4) is 0 Å². The number of hydrogen-bond donors (Lipinski definition) is 2. The van der Waals surface area contributed by atoms with E-state index in [1.165, 1.54) is 11.3 Å². The fourth-order valence-corrected chi connectivity index (χ4v) is 3.16. The summed E-state index contributed by atoms with van der Waals surface area (Å²) in [5.74, 6) is -0.707. The molecule has 1 aromatic heterocycles. The molecule has 1 aliphatic rings. The zero-order valence-corrected chi connectivity index (χ0v) is 11.1. The minimum absolute atomic E-state index is 0.0516. The molecule has 2 rings (SSSR count). The van der Waals surface area contributed by atoms with Gasteiger partial charge in [-0.1, -0.05) is 6.42 Å². The largest absolute Gasteiger partial charge is 0.481 e. The van der Waals surface area contributed by atoms with Gasteiger partial charge < -0.3 is 10.4 Å². The molecule has 1 aromatic rings. The van der Waals surface area contributed by atoms with Crippen molar-refractivity contribution in [2.45, 2.75) is 25.7 Å². The van der Waals surface area contributed by atoms with Crippen LogP contribution in [0.5, 0.6) is 0 Å². The highest BCUT2D eigenvalue weighted by atomic mass is 79.9. The van der Waals surface area contributed by atoms with E-state index in [4.69, 9.17) is 5.11 Å². The van der Waals surface area contributed by atoms with Crippen molar-refractivity contribution in [1.29, 1.82) is 0 Å². The number of carboxylic acid groups (broad SMARTS) is 1. The first kappa shape index (κ1) is 11.9. The van der Waals surface area contributed by atoms with E-state index in [1.807, 2.05) is 5.38 Å². The Balaban J connectivity index is 1.90. The van der Waals surface area contributed by atoms with Gasteiger partial charge in [-0.25, -0.2) is 4.98 Å². The fraction of sp³-hybridized carbons (Fsp3) is 0.600. The summed E-state index contributed by atoms with van der Waals surface area (Å²) in [5, 5.41) is 14.9. The Morgan fingerprint density at radius 2 is 2.44 bits per heavy atom. The number of aromatic nitrogens is 1. The van der Waals surface area contributed by atoms with Gasteiger partial charge in [-0.2, -0.15) is 0 Å². The molecule has 0 atom stereocenters. The van der Waals surface area contributed by atoms with E-state index in [0.29, 0.717) is 6.54 Å². The molecule has 4 nitrogen and oxygen atoms in total. The summed E-state index contributed by atoms with van der Waals surface area (Å²) >= 11 is 4.82. The summed E-state index contributed by atoms with van der Waals surface area (Å²) in [6, 6.07) is 0. The number of rotatable bonds is 5. The van der Waals surface area contributed by atoms with Crippen LogP contribution in [0.25, 0.3) is 0 Å². The standard InChI is InChI=1S/C10H13BrN2O2S/c11-7-5-16-9(13-7)12-6-10(2-1-3-10)4-8(14)15/h5H,1-4,6H2,(H,12,13)(H,14,15). The van der Waals surface area contributed by atoms with Gasteiger partial charge >= 0.3 is 5.97 Å². The Morgan fingerprint density at radius 1 is 1.69 bits per heavy atom. The quantitative estimate of drug-likeness (QED) is 0.878. The third kappa shape index (κ3) is 2.74. The number of carboxylic acids is 1. The molecule has 0 amide bonds. The van der Waals surface area contributed by atoms with Crippen molar-refractivity contribution in [2.24, 2.45) is 5.41 Å². The van der Waals surface area contributed by atoms with Gasteiger partial charge in [0, 0.05) is 11.9 Å². The van der Waals surface area contributed by atoms with Gasteiger partial charge in [-0.05, 0) is 34.2 Å². The van der Waals surface area contributed by atoms with Gasteiger partial charge in [0.05, 0.1) is 6.42 Å². The minimum Gasteiger partial charge on any atom is -0.481 e. The van der Waals surface area contributed by atoms with Crippen LogP contribution >= 0.6 is 27.3 Å². The lowest BCUT2D eigenvalue weighted by atomic mass is 9.66. The van der Waals surface area contributed by atoms with Gasteiger partial charge in [0.25, 0.3) is 0 Å². The van der Waals surface area contributed by atoms with Crippen molar-refractivity contribution >= 4 is 38.4 Å². The Morgan fingerprint density at radius 3 is 2.88 bits per heavy atom. The molecule has 6 heteroatoms. The van der Waals surface area contributed by atoms with E-state index in [9.17, 15) is 4.79 Å². The molecule has 1 heterocycles. The maximum absolute atomic E-state index is 10.8. The van der Waals surface area contributed by atoms with Crippen LogP contribution in [0.2, 0.25) is 0 Å². The highest BCUT2D eigenvalue weighted by Crippen LogP contribution is 2.44. The lowest BCUT2D eigenvalue weighted by molar-refractivity contribution is -0.141. The lowest BCUT2D eigenvalue weighted by Gasteiger charge is -2.40. The molecule has 0 bridgehead atoms. The van der Waals surface area contributed by atoms with E-state index in [0.717, 1.165) is 29.0 Å². The average Bonchev–Trinajstić information content (AvgIpc) is 2.55. The molecule has 2 N–H and O–H groups in total. The number of nitrogens with zero attached hydrogens (tertiary/aromatic N) is 1. The average molecular weight is 305 g/mol. The summed E-state index contributed by atoms with van der Waals surface area (Å²) in [6.07, 6.45) is 3.39. The first-order chi connectivity index (χ1) is 7.60. The van der Waals surface area contributed by atoms with E-state index in [-0.39, 0.29) is 11.8 Å². The number of carbonyl (C=O) groups is 1. The fourth-order valence-electron chi connectivity index (χ4n) is 2.01. The van der Waals surface area contributed by atoms with Crippen LogP contribution in [0.1, 0.15) is 25.7 Å². The molecule has 0 aromatic carbocycles. The first-order valence-electron chi connectivity index (χ1n) is 5.16. The van der Waals surface area contributed by atoms with Crippen LogP contribution in [-0.4, -0.2) is 22.6 Å². The van der Waals surface area contributed by atoms with Crippen molar-refractivity contribution in [3.8, 4) is 0 Å². The molecule has 1 saturated carbocycles. The number of nitrogens with one attached hydrogen (secondary N) is 1. The van der Waals surface area contributed by atoms with Crippen LogP contribution in [0.15, 0.2) is 9.98 Å². The first-order valence-corrected chi connectivity index (χ1v) is 6.84. The van der Waals surface area contributed by atoms with Crippen molar-refractivity contribution in [1.82, 2.24) is 4.98 Å². The summed E-state index contributed by atoms with van der Waals surface area (Å²) in [7, 11) is 0. The SMILES string of the molecule is O=C(O)CC1(CNc2nc(Br)cs2)CCC1. The Hall–Kier alpha value is -0.620. The minimum atomic E-state index is -0.707. The van der Waals surface area contributed by atoms with Gasteiger partial charge in [0.2, 0.25) is 0 Å². The molecule has 0 unspecified atom stereocenters. The van der Waals surface area contributed by atoms with Crippen molar-refractivity contribution in [3.05, 3.63) is 9.98 Å². The Kier molecular flexibility index (Phi) is 3.49. The highest BCUT2D eigenvalue weighted by molar-refractivity contribution is 9.10. The lowest BCUT2D eigenvalue weighted by Crippen LogP contribution is -2.38. The van der Waals surface area contributed by atoms with Crippen molar-refractivity contribution in [3.63, 3.8) is 0 Å². The topological polar surface area (TPSA) is 62.2 Å². The van der Waals surface area contributed by atoms with E-state index in [2.05, 4.69) is 26.2 Å². The van der Waals surface area contributed by atoms with Crippen molar-refractivity contribution in [2.75, 3.05) is 11.9 Å². The maximum Gasteiger partial charge on any atom is 0.303 e. The zero-order chi connectivity index (χ0) is 11.6. The van der Waals surface area contributed by atoms with Crippen LogP contribution in [-0.2, 0) is 4.79 Å². The van der Waals surface area contributed by atoms with Crippen LogP contribution < -0.4 is 5.32 Å². The molecule has 0 radical (unpaired) electrons. The third-order valence-electron chi connectivity index (χ3n) is 3.03. The van der Waals surface area contributed by atoms with Gasteiger partial charge in [-0.15, -0.1) is 11.3 Å². The summed E-state index contributed by atoms with van der Waals surface area (Å²) in [4.78, 5) is 15.0. The molecule has 1 aliphatic carbocycles. The summed E-state index contributed by atoms with van der Waals surface area (Å²) in [5.41, 5.74) is -0.0516. The number of thiazole rings is 1. The molecule has 0 spiro atoms. The molecule has 16 heavy (non-hydrogen) atoms. The van der Waals surface area contributed by atoms with Gasteiger partial charge in [0.15, 0.2) is 5.13 Å². The molecular weight excluding hydrogens is 292 g/mol. The molecule has 0 saturated heterocycles. The Labute approximate surface area is 106 Å². The molecule has 1 fully saturated rings. The second kappa shape index (κ2) is 4.71. The molecule has 0 aliphatic heterocycles. The second-order valence-corrected chi connectivity index (χ2v) is 5.92. The number of hydrogen-bond acceptors (Lipinski definition) is 4. The number of halogens is 1. The monoisotopic (exact) mass is 304 g/mol. The molecular formula is C10H13BrN2O2S. The van der Waals surface area contributed by atoms with Crippen molar-refractivity contribution < 1.29 is 9.90 Å². The third-order valence-corrected chi connectivity index (χ3v) is 4.54. The second-order valence-electron chi connectivity index (χ2n) is 4.25. The van der Waals surface area contributed by atoms with E-state index < -0.39 is 5.97 Å². The maximum atomic E-state index is 10.8. The van der Waals surface area contributed by atoms with E-state index >= 15 is 0 Å². The zero-order valence-electron chi connectivity index (χ0n) is 8.70. The normalized spacial score (nSPS) is 17.8. The predicted molar refractivity (Wildman–Crippen MR) is 66.8 cm³/mol. The molecule has 88 valence electrons. The van der Waals surface area contributed by atoms with Gasteiger partial charge in [-0.3, -0.25) is 4.79 Å². The smallest absolute Gasteiger partial charge is 0.303 e. The van der Waals surface area contributed by atoms with Gasteiger partial charge in [0.1, 0.15) is 4.60 Å². The summed E-state index contributed by atoms with van der Waals surface area (Å²) in [6.45, 7) is 0.708. The predicted octanol–water partition coefficient (Wildman–Crippen LogP) is 2.96. The highest BCUT2D eigenvalue weighted by Gasteiger charge is 2.38. The van der Waals surface area contributed by atoms with Crippen LogP contribution in [0.4, 0.5) is 5.13 Å².